The smallest absolute Gasteiger partial charge is 0.227 e. The van der Waals surface area contributed by atoms with Gasteiger partial charge in [0, 0.05) is 5.69 Å². The highest BCUT2D eigenvalue weighted by Gasteiger charge is 2.05. The van der Waals surface area contributed by atoms with E-state index in [1.54, 1.807) is 36.4 Å². The van der Waals surface area contributed by atoms with E-state index in [0.717, 1.165) is 5.56 Å². The molecule has 0 heterocycles. The Hall–Kier alpha value is -2.04. The molecule has 0 saturated heterocycles. The molecular weight excluding hydrogens is 290 g/mol. The Kier molecular flexibility index (Phi) is 5.60. The minimum Gasteiger partial charge on any atom is -0.491 e. The van der Waals surface area contributed by atoms with E-state index >= 15 is 0 Å². The number of halogens is 1. The quantitative estimate of drug-likeness (QED) is 0.861. The lowest BCUT2D eigenvalue weighted by atomic mass is 10.2. The number of carbonyl (C=O) groups excluding carboxylic acids is 1. The van der Waals surface area contributed by atoms with E-state index in [1.165, 1.54) is 0 Å². The lowest BCUT2D eigenvalue weighted by Gasteiger charge is -2.09. The summed E-state index contributed by atoms with van der Waals surface area (Å²) in [4.78, 5) is 11.8. The molecule has 0 aliphatic heterocycles. The normalized spacial score (nSPS) is 10.2. The first-order chi connectivity index (χ1) is 10.2. The van der Waals surface area contributed by atoms with Crippen LogP contribution in [-0.4, -0.2) is 17.6 Å². The number of rotatable bonds is 6. The lowest BCUT2D eigenvalue weighted by Crippen LogP contribution is -2.15. The van der Waals surface area contributed by atoms with Gasteiger partial charge in [-0.05, 0) is 29.8 Å². The van der Waals surface area contributed by atoms with Crippen LogP contribution >= 0.6 is 11.6 Å². The molecule has 5 heteroatoms. The summed E-state index contributed by atoms with van der Waals surface area (Å²) in [7, 11) is 0. The van der Waals surface area contributed by atoms with Crippen molar-refractivity contribution in [3.05, 3.63) is 59.1 Å². The van der Waals surface area contributed by atoms with Crippen LogP contribution in [0.5, 0.6) is 5.75 Å². The van der Waals surface area contributed by atoms with Crippen LogP contribution in [0, 0.1) is 0 Å². The zero-order valence-corrected chi connectivity index (χ0v) is 12.1. The molecule has 0 atom stereocenters. The van der Waals surface area contributed by atoms with Crippen molar-refractivity contribution in [2.45, 2.75) is 13.0 Å². The molecule has 2 aromatic rings. The monoisotopic (exact) mass is 305 g/mol. The minimum absolute atomic E-state index is 0.0562. The van der Waals surface area contributed by atoms with Gasteiger partial charge in [0.15, 0.2) is 0 Å². The maximum absolute atomic E-state index is 11.8. The molecule has 1 amide bonds. The van der Waals surface area contributed by atoms with Gasteiger partial charge in [-0.15, -0.1) is 0 Å². The second-order valence-corrected chi connectivity index (χ2v) is 4.84. The molecule has 110 valence electrons. The van der Waals surface area contributed by atoms with Crippen LogP contribution < -0.4 is 10.1 Å². The van der Waals surface area contributed by atoms with Crippen LogP contribution in [-0.2, 0) is 11.4 Å². The van der Waals surface area contributed by atoms with Gasteiger partial charge in [0.25, 0.3) is 0 Å². The Morgan fingerprint density at radius 1 is 1.19 bits per heavy atom. The van der Waals surface area contributed by atoms with E-state index in [1.807, 2.05) is 12.1 Å². The summed E-state index contributed by atoms with van der Waals surface area (Å²) in [5.74, 6) is 0.409. The summed E-state index contributed by atoms with van der Waals surface area (Å²) >= 11 is 5.95. The fraction of sp³-hybridized carbons (Fsp3) is 0.188. The van der Waals surface area contributed by atoms with Gasteiger partial charge in [0.05, 0.1) is 24.7 Å². The maximum Gasteiger partial charge on any atom is 0.227 e. The van der Waals surface area contributed by atoms with Crippen molar-refractivity contribution in [1.29, 1.82) is 0 Å². The number of anilines is 1. The molecule has 0 spiro atoms. The van der Waals surface area contributed by atoms with Gasteiger partial charge < -0.3 is 15.2 Å². The standard InChI is InChI=1S/C16H16ClNO3/c17-14-6-1-2-7-15(14)21-9-8-16(20)18-13-5-3-4-12(10-13)11-19/h1-7,10,19H,8-9,11H2,(H,18,20). The summed E-state index contributed by atoms with van der Waals surface area (Å²) in [6, 6.07) is 14.2. The fourth-order valence-corrected chi connectivity index (χ4v) is 1.98. The van der Waals surface area contributed by atoms with Gasteiger partial charge >= 0.3 is 0 Å². The van der Waals surface area contributed by atoms with Crippen molar-refractivity contribution in [3.8, 4) is 5.75 Å². The number of hydrogen-bond donors (Lipinski definition) is 2. The number of ether oxygens (including phenoxy) is 1. The molecule has 2 N–H and O–H groups in total. The summed E-state index contributed by atoms with van der Waals surface area (Å²) < 4.78 is 5.46. The molecule has 0 saturated carbocycles. The molecule has 2 aromatic carbocycles. The molecule has 0 fully saturated rings. The Labute approximate surface area is 128 Å². The highest BCUT2D eigenvalue weighted by Crippen LogP contribution is 2.23. The predicted molar refractivity (Wildman–Crippen MR) is 82.6 cm³/mol. The van der Waals surface area contributed by atoms with Crippen LogP contribution in [0.4, 0.5) is 5.69 Å². The second kappa shape index (κ2) is 7.67. The number of nitrogens with one attached hydrogen (secondary N) is 1. The molecule has 0 aliphatic carbocycles. The predicted octanol–water partition coefficient (Wildman–Crippen LogP) is 3.24. The van der Waals surface area contributed by atoms with E-state index in [0.29, 0.717) is 16.5 Å². The molecule has 0 aromatic heterocycles. The number of aliphatic hydroxyl groups is 1. The first-order valence-electron chi connectivity index (χ1n) is 6.56. The van der Waals surface area contributed by atoms with Crippen LogP contribution in [0.25, 0.3) is 0 Å². The molecule has 2 rings (SSSR count). The summed E-state index contributed by atoms with van der Waals surface area (Å²) in [5.41, 5.74) is 1.41. The number of benzene rings is 2. The second-order valence-electron chi connectivity index (χ2n) is 4.44. The maximum atomic E-state index is 11.8. The molecule has 21 heavy (non-hydrogen) atoms. The van der Waals surface area contributed by atoms with Crippen molar-refractivity contribution in [2.75, 3.05) is 11.9 Å². The van der Waals surface area contributed by atoms with Crippen molar-refractivity contribution >= 4 is 23.2 Å². The Morgan fingerprint density at radius 3 is 2.76 bits per heavy atom. The van der Waals surface area contributed by atoms with E-state index in [2.05, 4.69) is 5.32 Å². The van der Waals surface area contributed by atoms with Gasteiger partial charge in [-0.25, -0.2) is 0 Å². The van der Waals surface area contributed by atoms with Crippen molar-refractivity contribution in [2.24, 2.45) is 0 Å². The van der Waals surface area contributed by atoms with Gasteiger partial charge in [0.2, 0.25) is 5.91 Å². The first kappa shape index (κ1) is 15.4. The zero-order valence-electron chi connectivity index (χ0n) is 11.4. The van der Waals surface area contributed by atoms with E-state index in [-0.39, 0.29) is 25.5 Å². The molecule has 0 bridgehead atoms. The SMILES string of the molecule is O=C(CCOc1ccccc1Cl)Nc1cccc(CO)c1. The molecule has 0 aliphatic rings. The Bertz CT molecular complexity index is 616. The van der Waals surface area contributed by atoms with Crippen molar-refractivity contribution < 1.29 is 14.6 Å². The largest absolute Gasteiger partial charge is 0.491 e. The number of amides is 1. The summed E-state index contributed by atoms with van der Waals surface area (Å²) in [6.45, 7) is 0.189. The van der Waals surface area contributed by atoms with Gasteiger partial charge in [-0.2, -0.15) is 0 Å². The van der Waals surface area contributed by atoms with Crippen LogP contribution in [0.15, 0.2) is 48.5 Å². The topological polar surface area (TPSA) is 58.6 Å². The highest BCUT2D eigenvalue weighted by molar-refractivity contribution is 6.32. The van der Waals surface area contributed by atoms with Crippen molar-refractivity contribution in [1.82, 2.24) is 0 Å². The van der Waals surface area contributed by atoms with E-state index in [9.17, 15) is 4.79 Å². The molecule has 0 radical (unpaired) electrons. The van der Waals surface area contributed by atoms with Gasteiger partial charge in [-0.3, -0.25) is 4.79 Å². The zero-order chi connectivity index (χ0) is 15.1. The average Bonchev–Trinajstić information content (AvgIpc) is 2.49. The summed E-state index contributed by atoms with van der Waals surface area (Å²) in [6.07, 6.45) is 0.217. The lowest BCUT2D eigenvalue weighted by molar-refractivity contribution is -0.116. The fourth-order valence-electron chi connectivity index (χ4n) is 1.79. The van der Waals surface area contributed by atoms with E-state index in [4.69, 9.17) is 21.4 Å². The third-order valence-electron chi connectivity index (χ3n) is 2.82. The number of aliphatic hydroxyl groups excluding tert-OH is 1. The van der Waals surface area contributed by atoms with Crippen molar-refractivity contribution in [3.63, 3.8) is 0 Å². The number of para-hydroxylation sites is 1. The van der Waals surface area contributed by atoms with Gasteiger partial charge in [-0.1, -0.05) is 35.9 Å². The highest BCUT2D eigenvalue weighted by atomic mass is 35.5. The average molecular weight is 306 g/mol. The number of hydrogen-bond acceptors (Lipinski definition) is 3. The molecule has 4 nitrogen and oxygen atoms in total. The third kappa shape index (κ3) is 4.77. The van der Waals surface area contributed by atoms with E-state index < -0.39 is 0 Å². The minimum atomic E-state index is -0.155. The number of carbonyl (C=O) groups is 1. The van der Waals surface area contributed by atoms with Crippen LogP contribution in [0.1, 0.15) is 12.0 Å². The van der Waals surface area contributed by atoms with Crippen LogP contribution in [0.2, 0.25) is 5.02 Å². The Morgan fingerprint density at radius 2 is 2.00 bits per heavy atom. The molecule has 0 unspecified atom stereocenters. The van der Waals surface area contributed by atoms with Crippen LogP contribution in [0.3, 0.4) is 0 Å². The third-order valence-corrected chi connectivity index (χ3v) is 3.13. The molecular formula is C16H16ClNO3. The summed E-state index contributed by atoms with van der Waals surface area (Å²) in [5, 5.41) is 12.3. The first-order valence-corrected chi connectivity index (χ1v) is 6.94. The van der Waals surface area contributed by atoms with Gasteiger partial charge in [0.1, 0.15) is 5.75 Å². The Balaban J connectivity index is 1.81.